The van der Waals surface area contributed by atoms with Crippen LogP contribution in [-0.2, 0) is 4.79 Å². The first-order valence-electron chi connectivity index (χ1n) is 8.22. The molecule has 138 valence electrons. The molecule has 0 bridgehead atoms. The number of carbonyl (C=O) groups excluding carboxylic acids is 1. The summed E-state index contributed by atoms with van der Waals surface area (Å²) in [5.41, 5.74) is 1.81. The number of nitrogens with one attached hydrogen (secondary N) is 1. The average Bonchev–Trinajstić information content (AvgIpc) is 2.64. The fourth-order valence-electron chi connectivity index (χ4n) is 2.28. The molecule has 3 aromatic carbocycles. The van der Waals surface area contributed by atoms with E-state index in [1.54, 1.807) is 42.5 Å². The Kier molecular flexibility index (Phi) is 6.22. The van der Waals surface area contributed by atoms with Crippen molar-refractivity contribution in [1.29, 1.82) is 0 Å². The Balaban J connectivity index is 1.52. The number of amides is 1. The number of hydrogen-bond acceptors (Lipinski definition) is 3. The Morgan fingerprint density at radius 1 is 0.926 bits per heavy atom. The Bertz CT molecular complexity index is 925. The van der Waals surface area contributed by atoms with Crippen molar-refractivity contribution in [1.82, 2.24) is 0 Å². The van der Waals surface area contributed by atoms with Gasteiger partial charge in [-0.25, -0.2) is 0 Å². The van der Waals surface area contributed by atoms with Crippen LogP contribution in [0.3, 0.4) is 0 Å². The lowest BCUT2D eigenvalue weighted by molar-refractivity contribution is -0.118. The Hall–Kier alpha value is -2.69. The number of rotatable bonds is 6. The van der Waals surface area contributed by atoms with Gasteiger partial charge in [-0.2, -0.15) is 0 Å². The molecule has 1 amide bonds. The summed E-state index contributed by atoms with van der Waals surface area (Å²) in [6.45, 7) is 1.86. The summed E-state index contributed by atoms with van der Waals surface area (Å²) in [4.78, 5) is 12.0. The van der Waals surface area contributed by atoms with E-state index in [1.165, 1.54) is 5.56 Å². The van der Waals surface area contributed by atoms with E-state index in [0.717, 1.165) is 5.75 Å². The van der Waals surface area contributed by atoms with E-state index in [-0.39, 0.29) is 12.5 Å². The van der Waals surface area contributed by atoms with E-state index in [4.69, 9.17) is 32.7 Å². The first-order chi connectivity index (χ1) is 13.0. The van der Waals surface area contributed by atoms with Crippen LogP contribution < -0.4 is 14.8 Å². The fraction of sp³-hybridized carbons (Fsp3) is 0.0952. The van der Waals surface area contributed by atoms with Crippen LogP contribution in [-0.4, -0.2) is 12.5 Å². The van der Waals surface area contributed by atoms with Crippen LogP contribution in [0.2, 0.25) is 10.0 Å². The van der Waals surface area contributed by atoms with Crippen molar-refractivity contribution < 1.29 is 14.3 Å². The van der Waals surface area contributed by atoms with Gasteiger partial charge in [0.2, 0.25) is 0 Å². The molecule has 3 rings (SSSR count). The summed E-state index contributed by atoms with van der Waals surface area (Å²) in [5, 5.41) is 3.61. The molecule has 1 N–H and O–H groups in total. The minimum Gasteiger partial charge on any atom is -0.482 e. The number of benzene rings is 3. The molecule has 0 aliphatic rings. The highest BCUT2D eigenvalue weighted by atomic mass is 35.5. The van der Waals surface area contributed by atoms with Gasteiger partial charge >= 0.3 is 0 Å². The third kappa shape index (κ3) is 5.64. The topological polar surface area (TPSA) is 47.6 Å². The number of aryl methyl sites for hydroxylation is 1. The second kappa shape index (κ2) is 8.80. The van der Waals surface area contributed by atoms with Gasteiger partial charge in [0.05, 0.1) is 5.02 Å². The molecule has 3 aromatic rings. The second-order valence-electron chi connectivity index (χ2n) is 5.85. The van der Waals surface area contributed by atoms with Crippen molar-refractivity contribution >= 4 is 34.8 Å². The average molecular weight is 402 g/mol. The van der Waals surface area contributed by atoms with Gasteiger partial charge in [0.1, 0.15) is 17.2 Å². The molecular weight excluding hydrogens is 385 g/mol. The van der Waals surface area contributed by atoms with Crippen molar-refractivity contribution in [2.24, 2.45) is 0 Å². The van der Waals surface area contributed by atoms with Crippen molar-refractivity contribution in [3.8, 4) is 17.2 Å². The van der Waals surface area contributed by atoms with Gasteiger partial charge in [-0.15, -0.1) is 0 Å². The van der Waals surface area contributed by atoms with Crippen LogP contribution in [0, 0.1) is 6.92 Å². The van der Waals surface area contributed by atoms with Crippen molar-refractivity contribution in [2.45, 2.75) is 6.92 Å². The molecule has 0 aliphatic carbocycles. The summed E-state index contributed by atoms with van der Waals surface area (Å²) in [6, 6.07) is 19.7. The molecular formula is C21H17Cl2NO3. The van der Waals surface area contributed by atoms with E-state index in [0.29, 0.717) is 27.2 Å². The Morgan fingerprint density at radius 2 is 1.56 bits per heavy atom. The van der Waals surface area contributed by atoms with Crippen LogP contribution >= 0.6 is 23.2 Å². The number of anilines is 1. The lowest BCUT2D eigenvalue weighted by Gasteiger charge is -2.10. The molecule has 4 nitrogen and oxygen atoms in total. The molecule has 0 atom stereocenters. The van der Waals surface area contributed by atoms with Gasteiger partial charge in [0.25, 0.3) is 5.91 Å². The van der Waals surface area contributed by atoms with Gasteiger partial charge in [0.15, 0.2) is 6.61 Å². The number of ether oxygens (including phenoxy) is 2. The molecule has 0 radical (unpaired) electrons. The predicted molar refractivity (Wildman–Crippen MR) is 108 cm³/mol. The zero-order valence-corrected chi connectivity index (χ0v) is 16.1. The van der Waals surface area contributed by atoms with Crippen LogP contribution in [0.5, 0.6) is 17.2 Å². The minimum absolute atomic E-state index is 0.164. The maximum Gasteiger partial charge on any atom is 0.262 e. The summed E-state index contributed by atoms with van der Waals surface area (Å²) < 4.78 is 11.2. The summed E-state index contributed by atoms with van der Waals surface area (Å²) >= 11 is 11.8. The SMILES string of the molecule is Cc1ccc(Oc2ccc(NC(=O)COc3ccc(Cl)cc3Cl)cc2)cc1. The molecule has 6 heteroatoms. The normalized spacial score (nSPS) is 10.3. The van der Waals surface area contributed by atoms with Crippen LogP contribution in [0.25, 0.3) is 0 Å². The standard InChI is InChI=1S/C21H17Cl2NO3/c1-14-2-7-17(8-3-14)27-18-9-5-16(6-10-18)24-21(25)13-26-20-11-4-15(22)12-19(20)23/h2-12H,13H2,1H3,(H,24,25). The molecule has 27 heavy (non-hydrogen) atoms. The zero-order valence-electron chi connectivity index (χ0n) is 14.5. The minimum atomic E-state index is -0.298. The highest BCUT2D eigenvalue weighted by Gasteiger charge is 2.07. The van der Waals surface area contributed by atoms with E-state index in [9.17, 15) is 4.79 Å². The summed E-state index contributed by atoms with van der Waals surface area (Å²) in [7, 11) is 0. The molecule has 0 aromatic heterocycles. The van der Waals surface area contributed by atoms with Gasteiger partial charge in [0, 0.05) is 10.7 Å². The maximum atomic E-state index is 12.0. The van der Waals surface area contributed by atoms with Crippen molar-refractivity contribution in [2.75, 3.05) is 11.9 Å². The number of carbonyl (C=O) groups is 1. The fourth-order valence-corrected chi connectivity index (χ4v) is 2.74. The first kappa shape index (κ1) is 19.1. The smallest absolute Gasteiger partial charge is 0.262 e. The van der Waals surface area contributed by atoms with Gasteiger partial charge in [-0.05, 0) is 61.5 Å². The molecule has 0 heterocycles. The first-order valence-corrected chi connectivity index (χ1v) is 8.97. The largest absolute Gasteiger partial charge is 0.482 e. The molecule has 0 aliphatic heterocycles. The molecule has 0 saturated carbocycles. The second-order valence-corrected chi connectivity index (χ2v) is 6.69. The van der Waals surface area contributed by atoms with Gasteiger partial charge < -0.3 is 14.8 Å². The van der Waals surface area contributed by atoms with Gasteiger partial charge in [-0.1, -0.05) is 40.9 Å². The third-order valence-electron chi connectivity index (χ3n) is 3.65. The van der Waals surface area contributed by atoms with E-state index < -0.39 is 0 Å². The molecule has 0 unspecified atom stereocenters. The highest BCUT2D eigenvalue weighted by Crippen LogP contribution is 2.27. The van der Waals surface area contributed by atoms with Crippen LogP contribution in [0.1, 0.15) is 5.56 Å². The molecule has 0 spiro atoms. The van der Waals surface area contributed by atoms with E-state index >= 15 is 0 Å². The monoisotopic (exact) mass is 401 g/mol. The van der Waals surface area contributed by atoms with E-state index in [1.807, 2.05) is 31.2 Å². The summed E-state index contributed by atoms with van der Waals surface area (Å²) in [6.07, 6.45) is 0. The maximum absolute atomic E-state index is 12.0. The molecule has 0 saturated heterocycles. The molecule has 0 fully saturated rings. The summed E-state index contributed by atoms with van der Waals surface area (Å²) in [5.74, 6) is 1.54. The highest BCUT2D eigenvalue weighted by molar-refractivity contribution is 6.35. The number of hydrogen-bond donors (Lipinski definition) is 1. The Morgan fingerprint density at radius 3 is 2.19 bits per heavy atom. The van der Waals surface area contributed by atoms with Gasteiger partial charge in [-0.3, -0.25) is 4.79 Å². The Labute approximate surface area is 167 Å². The van der Waals surface area contributed by atoms with E-state index in [2.05, 4.69) is 5.32 Å². The van der Waals surface area contributed by atoms with Crippen LogP contribution in [0.15, 0.2) is 66.7 Å². The van der Waals surface area contributed by atoms with Crippen molar-refractivity contribution in [3.63, 3.8) is 0 Å². The lowest BCUT2D eigenvalue weighted by atomic mass is 10.2. The zero-order chi connectivity index (χ0) is 19.2. The third-order valence-corrected chi connectivity index (χ3v) is 4.18. The van der Waals surface area contributed by atoms with Crippen molar-refractivity contribution in [3.05, 3.63) is 82.3 Å². The predicted octanol–water partition coefficient (Wildman–Crippen LogP) is 6.11. The number of halogens is 2. The quantitative estimate of drug-likeness (QED) is 0.541. The van der Waals surface area contributed by atoms with Crippen LogP contribution in [0.4, 0.5) is 5.69 Å². The lowest BCUT2D eigenvalue weighted by Crippen LogP contribution is -2.20.